The monoisotopic (exact) mass is 347 g/mol. The summed E-state index contributed by atoms with van der Waals surface area (Å²) in [5.74, 6) is 1.25. The van der Waals surface area contributed by atoms with Crippen LogP contribution >= 0.6 is 27.5 Å². The largest absolute Gasteiger partial charge is 0.491 e. The third-order valence-electron chi connectivity index (χ3n) is 3.42. The number of rotatable bonds is 5. The van der Waals surface area contributed by atoms with Gasteiger partial charge in [0.05, 0.1) is 4.47 Å². The minimum atomic E-state index is 0.292. The van der Waals surface area contributed by atoms with Crippen LogP contribution in [0.15, 0.2) is 22.7 Å². The quantitative estimate of drug-likeness (QED) is 0.887. The van der Waals surface area contributed by atoms with Gasteiger partial charge in [-0.25, -0.2) is 0 Å². The zero-order chi connectivity index (χ0) is 13.7. The van der Waals surface area contributed by atoms with Crippen molar-refractivity contribution in [3.05, 3.63) is 27.7 Å². The SMILES string of the molecule is OCC1CCCN(CCOc2ccc(Cl)cc2Br)C1. The van der Waals surface area contributed by atoms with Gasteiger partial charge < -0.3 is 9.84 Å². The molecule has 1 aliphatic rings. The first-order chi connectivity index (χ1) is 9.19. The molecule has 1 saturated heterocycles. The van der Waals surface area contributed by atoms with E-state index in [1.54, 1.807) is 0 Å². The molecule has 3 nitrogen and oxygen atoms in total. The molecule has 1 aromatic rings. The van der Waals surface area contributed by atoms with Crippen LogP contribution in [0.4, 0.5) is 0 Å². The summed E-state index contributed by atoms with van der Waals surface area (Å²) in [5.41, 5.74) is 0. The molecular weight excluding hydrogens is 330 g/mol. The zero-order valence-corrected chi connectivity index (χ0v) is 13.2. The standard InChI is InChI=1S/C14H19BrClNO2/c15-13-8-12(16)3-4-14(13)19-7-6-17-5-1-2-11(9-17)10-18/h3-4,8,11,18H,1-2,5-7,9-10H2. The van der Waals surface area contributed by atoms with E-state index in [9.17, 15) is 5.11 Å². The van der Waals surface area contributed by atoms with E-state index in [4.69, 9.17) is 16.3 Å². The lowest BCUT2D eigenvalue weighted by molar-refractivity contribution is 0.107. The third kappa shape index (κ3) is 4.63. The first-order valence-electron chi connectivity index (χ1n) is 6.60. The second-order valence-electron chi connectivity index (χ2n) is 4.91. The van der Waals surface area contributed by atoms with Gasteiger partial charge in [-0.1, -0.05) is 11.6 Å². The van der Waals surface area contributed by atoms with Crippen LogP contribution in [0.3, 0.4) is 0 Å². The van der Waals surface area contributed by atoms with Gasteiger partial charge in [-0.2, -0.15) is 0 Å². The molecule has 5 heteroatoms. The van der Waals surface area contributed by atoms with E-state index in [0.29, 0.717) is 24.2 Å². The van der Waals surface area contributed by atoms with Gasteiger partial charge in [0, 0.05) is 24.7 Å². The number of piperidine rings is 1. The van der Waals surface area contributed by atoms with Crippen LogP contribution in [0.5, 0.6) is 5.75 Å². The van der Waals surface area contributed by atoms with Crippen LogP contribution in [0.25, 0.3) is 0 Å². The maximum Gasteiger partial charge on any atom is 0.133 e. The number of hydrogen-bond donors (Lipinski definition) is 1. The summed E-state index contributed by atoms with van der Waals surface area (Å²) in [6, 6.07) is 5.53. The molecule has 0 aliphatic carbocycles. The van der Waals surface area contributed by atoms with E-state index < -0.39 is 0 Å². The van der Waals surface area contributed by atoms with Crippen molar-refractivity contribution in [1.29, 1.82) is 0 Å². The van der Waals surface area contributed by atoms with E-state index in [2.05, 4.69) is 20.8 Å². The van der Waals surface area contributed by atoms with Crippen LogP contribution in [0, 0.1) is 5.92 Å². The molecule has 0 aromatic heterocycles. The fraction of sp³-hybridized carbons (Fsp3) is 0.571. The van der Waals surface area contributed by atoms with Gasteiger partial charge in [-0.05, 0) is 59.4 Å². The second kappa shape index (κ2) is 7.48. The summed E-state index contributed by atoms with van der Waals surface area (Å²) >= 11 is 9.33. The molecule has 1 unspecified atom stereocenters. The molecule has 0 amide bonds. The number of halogens is 2. The van der Waals surface area contributed by atoms with Gasteiger partial charge in [0.2, 0.25) is 0 Å². The molecule has 1 fully saturated rings. The number of ether oxygens (including phenoxy) is 1. The number of aliphatic hydroxyl groups is 1. The highest BCUT2D eigenvalue weighted by Gasteiger charge is 2.18. The predicted octanol–water partition coefficient (Wildman–Crippen LogP) is 3.19. The Morgan fingerprint density at radius 1 is 1.47 bits per heavy atom. The van der Waals surface area contributed by atoms with E-state index in [1.807, 2.05) is 18.2 Å². The number of likely N-dealkylation sites (tertiary alicyclic amines) is 1. The molecule has 0 saturated carbocycles. The number of hydrogen-bond acceptors (Lipinski definition) is 3. The van der Waals surface area contributed by atoms with Gasteiger partial charge in [0.15, 0.2) is 0 Å². The highest BCUT2D eigenvalue weighted by Crippen LogP contribution is 2.28. The van der Waals surface area contributed by atoms with E-state index in [-0.39, 0.29) is 0 Å². The van der Waals surface area contributed by atoms with Crippen LogP contribution in [0.1, 0.15) is 12.8 Å². The van der Waals surface area contributed by atoms with Gasteiger partial charge in [0.1, 0.15) is 12.4 Å². The Balaban J connectivity index is 1.76. The number of benzene rings is 1. The molecular formula is C14H19BrClNO2. The molecule has 0 radical (unpaired) electrons. The maximum absolute atomic E-state index is 9.20. The van der Waals surface area contributed by atoms with E-state index in [0.717, 1.165) is 42.7 Å². The fourth-order valence-electron chi connectivity index (χ4n) is 2.38. The first-order valence-corrected chi connectivity index (χ1v) is 7.77. The van der Waals surface area contributed by atoms with Crippen LogP contribution in [-0.4, -0.2) is 42.9 Å². The number of aliphatic hydroxyl groups excluding tert-OH is 1. The molecule has 1 aliphatic heterocycles. The molecule has 2 rings (SSSR count). The minimum absolute atomic E-state index is 0.292. The minimum Gasteiger partial charge on any atom is -0.491 e. The van der Waals surface area contributed by atoms with Crippen molar-refractivity contribution in [2.75, 3.05) is 32.8 Å². The second-order valence-corrected chi connectivity index (χ2v) is 6.21. The molecule has 19 heavy (non-hydrogen) atoms. The van der Waals surface area contributed by atoms with Crippen molar-refractivity contribution in [2.24, 2.45) is 5.92 Å². The topological polar surface area (TPSA) is 32.7 Å². The summed E-state index contributed by atoms with van der Waals surface area (Å²) in [7, 11) is 0. The summed E-state index contributed by atoms with van der Waals surface area (Å²) < 4.78 is 6.64. The zero-order valence-electron chi connectivity index (χ0n) is 10.8. The maximum atomic E-state index is 9.20. The van der Waals surface area contributed by atoms with Crippen molar-refractivity contribution in [3.8, 4) is 5.75 Å². The van der Waals surface area contributed by atoms with Crippen molar-refractivity contribution >= 4 is 27.5 Å². The first kappa shape index (κ1) is 15.1. The Hall–Kier alpha value is -0.290. The Morgan fingerprint density at radius 3 is 3.05 bits per heavy atom. The van der Waals surface area contributed by atoms with Crippen LogP contribution in [-0.2, 0) is 0 Å². The van der Waals surface area contributed by atoms with E-state index in [1.165, 1.54) is 0 Å². The van der Waals surface area contributed by atoms with Gasteiger partial charge in [-0.3, -0.25) is 4.90 Å². The Kier molecular flexibility index (Phi) is 5.95. The van der Waals surface area contributed by atoms with Crippen molar-refractivity contribution < 1.29 is 9.84 Å². The van der Waals surface area contributed by atoms with E-state index >= 15 is 0 Å². The van der Waals surface area contributed by atoms with Gasteiger partial charge in [0.25, 0.3) is 0 Å². The fourth-order valence-corrected chi connectivity index (χ4v) is 3.18. The van der Waals surface area contributed by atoms with Crippen molar-refractivity contribution in [2.45, 2.75) is 12.8 Å². The molecule has 106 valence electrons. The third-order valence-corrected chi connectivity index (χ3v) is 4.28. The van der Waals surface area contributed by atoms with Crippen LogP contribution in [0.2, 0.25) is 5.02 Å². The molecule has 1 atom stereocenters. The molecule has 1 N–H and O–H groups in total. The molecule has 1 heterocycles. The summed E-state index contributed by atoms with van der Waals surface area (Å²) in [4.78, 5) is 2.36. The van der Waals surface area contributed by atoms with Crippen LogP contribution < -0.4 is 4.74 Å². The molecule has 0 spiro atoms. The Bertz CT molecular complexity index is 416. The molecule has 0 bridgehead atoms. The number of nitrogens with zero attached hydrogens (tertiary/aromatic N) is 1. The highest BCUT2D eigenvalue weighted by molar-refractivity contribution is 9.10. The lowest BCUT2D eigenvalue weighted by Gasteiger charge is -2.31. The molecule has 1 aromatic carbocycles. The summed E-state index contributed by atoms with van der Waals surface area (Å²) in [6.45, 7) is 3.91. The average Bonchev–Trinajstić information content (AvgIpc) is 2.41. The van der Waals surface area contributed by atoms with Gasteiger partial charge in [-0.15, -0.1) is 0 Å². The highest BCUT2D eigenvalue weighted by atomic mass is 79.9. The Morgan fingerprint density at radius 2 is 2.32 bits per heavy atom. The average molecular weight is 349 g/mol. The summed E-state index contributed by atoms with van der Waals surface area (Å²) in [6.07, 6.45) is 2.30. The predicted molar refractivity (Wildman–Crippen MR) is 80.9 cm³/mol. The summed E-state index contributed by atoms with van der Waals surface area (Å²) in [5, 5.41) is 9.89. The van der Waals surface area contributed by atoms with Crippen molar-refractivity contribution in [3.63, 3.8) is 0 Å². The smallest absolute Gasteiger partial charge is 0.133 e. The lowest BCUT2D eigenvalue weighted by atomic mass is 9.99. The normalized spacial score (nSPS) is 20.5. The van der Waals surface area contributed by atoms with Gasteiger partial charge >= 0.3 is 0 Å². The lowest BCUT2D eigenvalue weighted by Crippen LogP contribution is -2.39. The Labute approximate surface area is 127 Å². The van der Waals surface area contributed by atoms with Crippen molar-refractivity contribution in [1.82, 2.24) is 4.90 Å².